The minimum atomic E-state index is 0.0574. The first-order valence-corrected chi connectivity index (χ1v) is 7.23. The van der Waals surface area contributed by atoms with Gasteiger partial charge in [-0.05, 0) is 49.3 Å². The van der Waals surface area contributed by atoms with Crippen LogP contribution in [0.1, 0.15) is 38.2 Å². The normalized spacial score (nSPS) is 22.8. The molecule has 1 fully saturated rings. The lowest BCUT2D eigenvalue weighted by molar-refractivity contribution is -0.119. The molecule has 0 atom stereocenters. The van der Waals surface area contributed by atoms with E-state index in [1.807, 2.05) is 12.1 Å². The second-order valence-corrected chi connectivity index (χ2v) is 5.65. The highest BCUT2D eigenvalue weighted by Gasteiger charge is 2.17. The maximum absolute atomic E-state index is 11.3. The molecule has 0 aliphatic heterocycles. The van der Waals surface area contributed by atoms with E-state index in [2.05, 4.69) is 29.7 Å². The summed E-state index contributed by atoms with van der Waals surface area (Å²) in [4.78, 5) is 11.3. The Morgan fingerprint density at radius 2 is 1.79 bits per heavy atom. The summed E-state index contributed by atoms with van der Waals surface area (Å²) in [5.41, 5.74) is 2.22. The second-order valence-electron chi connectivity index (χ2n) is 5.65. The molecule has 0 radical (unpaired) electrons. The molecule has 3 nitrogen and oxygen atoms in total. The summed E-state index contributed by atoms with van der Waals surface area (Å²) in [7, 11) is 1.67. The zero-order chi connectivity index (χ0) is 13.7. The third kappa shape index (κ3) is 4.27. The molecule has 2 rings (SSSR count). The molecule has 1 aromatic rings. The molecule has 1 aliphatic carbocycles. The Labute approximate surface area is 115 Å². The quantitative estimate of drug-likeness (QED) is 0.874. The molecule has 0 bridgehead atoms. The topological polar surface area (TPSA) is 41.1 Å². The number of rotatable bonds is 4. The van der Waals surface area contributed by atoms with Crippen LogP contribution in [0.4, 0.5) is 5.69 Å². The average molecular weight is 260 g/mol. The minimum Gasteiger partial charge on any atom is -0.382 e. The van der Waals surface area contributed by atoms with Gasteiger partial charge in [0.15, 0.2) is 0 Å². The third-order valence-corrected chi connectivity index (χ3v) is 3.98. The largest absolute Gasteiger partial charge is 0.382 e. The van der Waals surface area contributed by atoms with E-state index in [1.165, 1.54) is 31.4 Å². The fraction of sp³-hybridized carbons (Fsp3) is 0.562. The number of likely N-dealkylation sites (N-methyl/N-ethyl adjacent to an activating group) is 1. The van der Waals surface area contributed by atoms with Gasteiger partial charge < -0.3 is 10.6 Å². The lowest BCUT2D eigenvalue weighted by Gasteiger charge is -2.27. The van der Waals surface area contributed by atoms with E-state index in [0.717, 1.165) is 11.5 Å². The van der Waals surface area contributed by atoms with Gasteiger partial charge in [-0.25, -0.2) is 0 Å². The molecular weight excluding hydrogens is 236 g/mol. The van der Waals surface area contributed by atoms with Crippen LogP contribution >= 0.6 is 0 Å². The molecule has 0 saturated heterocycles. The highest BCUT2D eigenvalue weighted by molar-refractivity contribution is 5.78. The third-order valence-electron chi connectivity index (χ3n) is 3.98. The maximum Gasteiger partial charge on any atom is 0.224 e. The van der Waals surface area contributed by atoms with Crippen LogP contribution in [-0.2, 0) is 11.2 Å². The fourth-order valence-corrected chi connectivity index (χ4v) is 2.63. The van der Waals surface area contributed by atoms with Crippen LogP contribution < -0.4 is 10.6 Å². The summed E-state index contributed by atoms with van der Waals surface area (Å²) in [5, 5.41) is 6.24. The van der Waals surface area contributed by atoms with Crippen LogP contribution in [0.3, 0.4) is 0 Å². The van der Waals surface area contributed by atoms with Gasteiger partial charge in [0.25, 0.3) is 0 Å². The Balaban J connectivity index is 1.86. The zero-order valence-corrected chi connectivity index (χ0v) is 11.9. The van der Waals surface area contributed by atoms with E-state index in [-0.39, 0.29) is 5.91 Å². The summed E-state index contributed by atoms with van der Waals surface area (Å²) in [6.45, 7) is 2.34. The molecule has 0 aromatic heterocycles. The summed E-state index contributed by atoms with van der Waals surface area (Å²) in [5.74, 6) is 0.940. The molecule has 1 saturated carbocycles. The Kier molecular flexibility index (Phi) is 4.83. The highest BCUT2D eigenvalue weighted by atomic mass is 16.1. The van der Waals surface area contributed by atoms with Crippen molar-refractivity contribution in [2.45, 2.75) is 45.1 Å². The van der Waals surface area contributed by atoms with Gasteiger partial charge in [0.05, 0.1) is 6.42 Å². The van der Waals surface area contributed by atoms with Crippen LogP contribution in [-0.4, -0.2) is 19.0 Å². The molecule has 0 spiro atoms. The number of anilines is 1. The lowest BCUT2D eigenvalue weighted by atomic mass is 9.87. The van der Waals surface area contributed by atoms with Gasteiger partial charge in [0.2, 0.25) is 5.91 Å². The van der Waals surface area contributed by atoms with Gasteiger partial charge in [-0.2, -0.15) is 0 Å². The number of amides is 1. The van der Waals surface area contributed by atoms with E-state index in [0.29, 0.717) is 12.5 Å². The van der Waals surface area contributed by atoms with Crippen molar-refractivity contribution in [3.8, 4) is 0 Å². The summed E-state index contributed by atoms with van der Waals surface area (Å²) >= 11 is 0. The monoisotopic (exact) mass is 260 g/mol. The summed E-state index contributed by atoms with van der Waals surface area (Å²) in [6, 6.07) is 8.83. The van der Waals surface area contributed by atoms with Crippen molar-refractivity contribution >= 4 is 11.6 Å². The maximum atomic E-state index is 11.3. The van der Waals surface area contributed by atoms with Crippen molar-refractivity contribution in [3.05, 3.63) is 29.8 Å². The number of nitrogens with one attached hydrogen (secondary N) is 2. The molecule has 0 unspecified atom stereocenters. The summed E-state index contributed by atoms with van der Waals surface area (Å²) < 4.78 is 0. The van der Waals surface area contributed by atoms with Crippen molar-refractivity contribution in [1.82, 2.24) is 5.32 Å². The predicted molar refractivity (Wildman–Crippen MR) is 79.3 cm³/mol. The number of carbonyl (C=O) groups excluding carboxylic acids is 1. The molecular formula is C16H24N2O. The van der Waals surface area contributed by atoms with Crippen LogP contribution in [0.5, 0.6) is 0 Å². The Bertz CT molecular complexity index is 405. The molecule has 104 valence electrons. The van der Waals surface area contributed by atoms with E-state index < -0.39 is 0 Å². The second kappa shape index (κ2) is 6.60. The predicted octanol–water partition coefficient (Wildman–Crippen LogP) is 2.97. The van der Waals surface area contributed by atoms with E-state index in [4.69, 9.17) is 0 Å². The molecule has 3 heteroatoms. The minimum absolute atomic E-state index is 0.0574. The fourth-order valence-electron chi connectivity index (χ4n) is 2.63. The molecule has 0 heterocycles. The molecule has 1 aliphatic rings. The number of hydrogen-bond donors (Lipinski definition) is 2. The van der Waals surface area contributed by atoms with Gasteiger partial charge >= 0.3 is 0 Å². The standard InChI is InChI=1S/C16H24N2O/c1-12-3-7-14(8-4-12)18-15-9-5-13(6-10-15)11-16(19)17-2/h5-6,9-10,12,14,18H,3-4,7-8,11H2,1-2H3,(H,17,19). The van der Waals surface area contributed by atoms with Gasteiger partial charge in [0.1, 0.15) is 0 Å². The molecule has 19 heavy (non-hydrogen) atoms. The number of hydrogen-bond acceptors (Lipinski definition) is 2. The van der Waals surface area contributed by atoms with Crippen LogP contribution in [0.15, 0.2) is 24.3 Å². The first-order valence-electron chi connectivity index (χ1n) is 7.23. The van der Waals surface area contributed by atoms with Crippen molar-refractivity contribution in [2.24, 2.45) is 5.92 Å². The van der Waals surface area contributed by atoms with Crippen LogP contribution in [0.25, 0.3) is 0 Å². The number of benzene rings is 1. The van der Waals surface area contributed by atoms with Crippen molar-refractivity contribution in [1.29, 1.82) is 0 Å². The Morgan fingerprint density at radius 3 is 2.37 bits per heavy atom. The van der Waals surface area contributed by atoms with Gasteiger partial charge in [-0.3, -0.25) is 4.79 Å². The molecule has 2 N–H and O–H groups in total. The Morgan fingerprint density at radius 1 is 1.16 bits per heavy atom. The average Bonchev–Trinajstić information content (AvgIpc) is 2.43. The van der Waals surface area contributed by atoms with Crippen molar-refractivity contribution in [2.75, 3.05) is 12.4 Å². The lowest BCUT2D eigenvalue weighted by Crippen LogP contribution is -2.25. The first-order chi connectivity index (χ1) is 9.17. The zero-order valence-electron chi connectivity index (χ0n) is 11.9. The van der Waals surface area contributed by atoms with E-state index in [9.17, 15) is 4.79 Å². The van der Waals surface area contributed by atoms with Crippen molar-refractivity contribution in [3.63, 3.8) is 0 Å². The Hall–Kier alpha value is -1.51. The molecule has 1 aromatic carbocycles. The SMILES string of the molecule is CNC(=O)Cc1ccc(NC2CCC(C)CC2)cc1. The van der Waals surface area contributed by atoms with Gasteiger partial charge in [-0.1, -0.05) is 19.1 Å². The van der Waals surface area contributed by atoms with Gasteiger partial charge in [-0.15, -0.1) is 0 Å². The number of carbonyl (C=O) groups is 1. The first kappa shape index (κ1) is 13.9. The van der Waals surface area contributed by atoms with Crippen LogP contribution in [0.2, 0.25) is 0 Å². The molecule has 1 amide bonds. The van der Waals surface area contributed by atoms with E-state index >= 15 is 0 Å². The van der Waals surface area contributed by atoms with Gasteiger partial charge in [0, 0.05) is 18.8 Å². The van der Waals surface area contributed by atoms with Crippen LogP contribution in [0, 0.1) is 5.92 Å². The van der Waals surface area contributed by atoms with E-state index in [1.54, 1.807) is 7.05 Å². The summed E-state index contributed by atoms with van der Waals surface area (Å²) in [6.07, 6.45) is 5.64. The highest BCUT2D eigenvalue weighted by Crippen LogP contribution is 2.26. The smallest absolute Gasteiger partial charge is 0.224 e. The van der Waals surface area contributed by atoms with Crippen molar-refractivity contribution < 1.29 is 4.79 Å².